The van der Waals surface area contributed by atoms with Gasteiger partial charge in [0.1, 0.15) is 6.04 Å². The van der Waals surface area contributed by atoms with Crippen molar-refractivity contribution in [3.63, 3.8) is 0 Å². The number of nitrogens with one attached hydrogen (secondary N) is 1. The van der Waals surface area contributed by atoms with E-state index < -0.39 is 30.3 Å². The normalized spacial score (nSPS) is 11.9. The van der Waals surface area contributed by atoms with Crippen LogP contribution in [0.25, 0.3) is 0 Å². The molecule has 0 radical (unpaired) electrons. The van der Waals surface area contributed by atoms with E-state index in [4.69, 9.17) is 10.2 Å². The second-order valence-electron chi connectivity index (χ2n) is 3.79. The molecule has 18 heavy (non-hydrogen) atoms. The molecule has 3 N–H and O–H groups in total. The molecule has 98 valence electrons. The average molecular weight is 271 g/mol. The third kappa shape index (κ3) is 3.56. The number of thiophene rings is 1. The number of hydrogen-bond donors (Lipinski definition) is 3. The van der Waals surface area contributed by atoms with Crippen molar-refractivity contribution in [3.05, 3.63) is 21.4 Å². The number of aliphatic carboxylic acids is 2. The molecular weight excluding hydrogens is 258 g/mol. The molecule has 1 amide bonds. The first-order valence-corrected chi connectivity index (χ1v) is 5.95. The molecule has 0 aliphatic carbocycles. The summed E-state index contributed by atoms with van der Waals surface area (Å²) in [4.78, 5) is 34.8. The van der Waals surface area contributed by atoms with Crippen LogP contribution >= 0.6 is 11.3 Å². The number of carboxylic acids is 2. The maximum Gasteiger partial charge on any atom is 0.326 e. The first-order chi connectivity index (χ1) is 8.31. The minimum Gasteiger partial charge on any atom is -0.481 e. The zero-order chi connectivity index (χ0) is 13.9. The Bertz CT molecular complexity index is 494. The van der Waals surface area contributed by atoms with Crippen LogP contribution in [0.2, 0.25) is 0 Å². The van der Waals surface area contributed by atoms with E-state index in [9.17, 15) is 14.4 Å². The summed E-state index contributed by atoms with van der Waals surface area (Å²) in [6.45, 7) is 3.58. The van der Waals surface area contributed by atoms with Crippen LogP contribution in [-0.2, 0) is 9.59 Å². The minimum absolute atomic E-state index is 0.383. The first-order valence-electron chi connectivity index (χ1n) is 5.13. The highest BCUT2D eigenvalue weighted by Crippen LogP contribution is 2.20. The van der Waals surface area contributed by atoms with Gasteiger partial charge in [-0.15, -0.1) is 11.3 Å². The standard InChI is InChI=1S/C11H13NO5S/c1-5-3-7(6(2)18-5)10(15)12-8(11(16)17)4-9(13)14/h3,8H,4H2,1-2H3,(H,12,15)(H,13,14)(H,16,17). The second kappa shape index (κ2) is 5.63. The van der Waals surface area contributed by atoms with Gasteiger partial charge in [-0.05, 0) is 19.9 Å². The molecule has 1 atom stereocenters. The molecule has 6 nitrogen and oxygen atoms in total. The van der Waals surface area contributed by atoms with Gasteiger partial charge in [0.05, 0.1) is 12.0 Å². The summed E-state index contributed by atoms with van der Waals surface area (Å²) in [6, 6.07) is 0.226. The van der Waals surface area contributed by atoms with Crippen LogP contribution in [0.4, 0.5) is 0 Å². The predicted octanol–water partition coefficient (Wildman–Crippen LogP) is 1.02. The quantitative estimate of drug-likeness (QED) is 0.741. The molecule has 0 aliphatic rings. The lowest BCUT2D eigenvalue weighted by molar-refractivity contribution is -0.145. The highest BCUT2D eigenvalue weighted by Gasteiger charge is 2.24. The van der Waals surface area contributed by atoms with Crippen LogP contribution in [0.15, 0.2) is 6.07 Å². The van der Waals surface area contributed by atoms with Crippen LogP contribution in [-0.4, -0.2) is 34.1 Å². The fraction of sp³-hybridized carbons (Fsp3) is 0.364. The van der Waals surface area contributed by atoms with Gasteiger partial charge >= 0.3 is 11.9 Å². The van der Waals surface area contributed by atoms with Crippen LogP contribution < -0.4 is 5.32 Å². The van der Waals surface area contributed by atoms with E-state index in [2.05, 4.69) is 5.32 Å². The van der Waals surface area contributed by atoms with Gasteiger partial charge in [0.2, 0.25) is 0 Å². The number of carbonyl (C=O) groups is 3. The van der Waals surface area contributed by atoms with Gasteiger partial charge in [-0.3, -0.25) is 9.59 Å². The third-order valence-corrected chi connectivity index (χ3v) is 3.23. The summed E-state index contributed by atoms with van der Waals surface area (Å²) in [5.74, 6) is -3.21. The Morgan fingerprint density at radius 1 is 1.33 bits per heavy atom. The van der Waals surface area contributed by atoms with Crippen LogP contribution in [0, 0.1) is 13.8 Å². The molecule has 1 rings (SSSR count). The fourth-order valence-corrected chi connectivity index (χ4v) is 2.39. The molecule has 0 bridgehead atoms. The van der Waals surface area contributed by atoms with E-state index in [-0.39, 0.29) is 0 Å². The van der Waals surface area contributed by atoms with Crippen LogP contribution in [0.1, 0.15) is 26.5 Å². The van der Waals surface area contributed by atoms with Gasteiger partial charge in [0, 0.05) is 9.75 Å². The van der Waals surface area contributed by atoms with Crippen molar-refractivity contribution in [3.8, 4) is 0 Å². The summed E-state index contributed by atoms with van der Waals surface area (Å²) in [5.41, 5.74) is 0.383. The lowest BCUT2D eigenvalue weighted by Crippen LogP contribution is -2.42. The Morgan fingerprint density at radius 2 is 1.94 bits per heavy atom. The average Bonchev–Trinajstić information content (AvgIpc) is 2.56. The topological polar surface area (TPSA) is 104 Å². The van der Waals surface area contributed by atoms with Gasteiger partial charge in [-0.2, -0.15) is 0 Å². The highest BCUT2D eigenvalue weighted by molar-refractivity contribution is 7.12. The number of carbonyl (C=O) groups excluding carboxylic acids is 1. The molecule has 1 unspecified atom stereocenters. The maximum atomic E-state index is 11.8. The van der Waals surface area contributed by atoms with E-state index in [1.54, 1.807) is 13.0 Å². The Balaban J connectivity index is 2.81. The van der Waals surface area contributed by atoms with Crippen molar-refractivity contribution in [2.24, 2.45) is 0 Å². The number of amides is 1. The lowest BCUT2D eigenvalue weighted by Gasteiger charge is -2.11. The Labute approximate surface area is 107 Å². The SMILES string of the molecule is Cc1cc(C(=O)NC(CC(=O)O)C(=O)O)c(C)s1. The second-order valence-corrected chi connectivity index (χ2v) is 5.25. The van der Waals surface area contributed by atoms with Crippen molar-refractivity contribution in [1.82, 2.24) is 5.32 Å². The van der Waals surface area contributed by atoms with Crippen LogP contribution in [0.5, 0.6) is 0 Å². The van der Waals surface area contributed by atoms with Crippen LogP contribution in [0.3, 0.4) is 0 Å². The Kier molecular flexibility index (Phi) is 4.43. The first kappa shape index (κ1) is 14.2. The number of hydrogen-bond acceptors (Lipinski definition) is 4. The van der Waals surface area contributed by atoms with Crippen molar-refractivity contribution >= 4 is 29.2 Å². The van der Waals surface area contributed by atoms with Gasteiger partial charge in [-0.1, -0.05) is 0 Å². The molecule has 7 heteroatoms. The number of carboxylic acid groups (broad SMARTS) is 2. The molecular formula is C11H13NO5S. The van der Waals surface area contributed by atoms with Gasteiger partial charge in [-0.25, -0.2) is 4.79 Å². The molecule has 1 aromatic rings. The molecule has 0 spiro atoms. The number of aryl methyl sites for hydroxylation is 2. The monoisotopic (exact) mass is 271 g/mol. The summed E-state index contributed by atoms with van der Waals surface area (Å²) in [6.07, 6.45) is -0.650. The molecule has 0 aliphatic heterocycles. The van der Waals surface area contributed by atoms with Crippen molar-refractivity contribution in [2.45, 2.75) is 26.3 Å². The largest absolute Gasteiger partial charge is 0.481 e. The van der Waals surface area contributed by atoms with Crippen molar-refractivity contribution < 1.29 is 24.6 Å². The molecule has 1 aromatic heterocycles. The Hall–Kier alpha value is -1.89. The summed E-state index contributed by atoms with van der Waals surface area (Å²) >= 11 is 1.42. The van der Waals surface area contributed by atoms with Gasteiger partial charge in [0.15, 0.2) is 0 Å². The zero-order valence-corrected chi connectivity index (χ0v) is 10.7. The molecule has 1 heterocycles. The minimum atomic E-state index is -1.42. The van der Waals surface area contributed by atoms with Gasteiger partial charge < -0.3 is 15.5 Å². The fourth-order valence-electron chi connectivity index (χ4n) is 1.47. The molecule has 0 fully saturated rings. The van der Waals surface area contributed by atoms with E-state index in [0.717, 1.165) is 9.75 Å². The smallest absolute Gasteiger partial charge is 0.326 e. The Morgan fingerprint density at radius 3 is 2.33 bits per heavy atom. The van der Waals surface area contributed by atoms with E-state index in [1.807, 2.05) is 6.92 Å². The van der Waals surface area contributed by atoms with Gasteiger partial charge in [0.25, 0.3) is 5.91 Å². The highest BCUT2D eigenvalue weighted by atomic mass is 32.1. The third-order valence-electron chi connectivity index (χ3n) is 2.27. The molecule has 0 aromatic carbocycles. The lowest BCUT2D eigenvalue weighted by atomic mass is 10.1. The van der Waals surface area contributed by atoms with E-state index >= 15 is 0 Å². The van der Waals surface area contributed by atoms with Crippen molar-refractivity contribution in [2.75, 3.05) is 0 Å². The summed E-state index contributed by atoms with van der Waals surface area (Å²) < 4.78 is 0. The molecule has 0 saturated heterocycles. The maximum absolute atomic E-state index is 11.8. The summed E-state index contributed by atoms with van der Waals surface area (Å²) in [7, 11) is 0. The molecule has 0 saturated carbocycles. The van der Waals surface area contributed by atoms with E-state index in [0.29, 0.717) is 5.56 Å². The zero-order valence-electron chi connectivity index (χ0n) is 9.89. The van der Waals surface area contributed by atoms with E-state index in [1.165, 1.54) is 11.3 Å². The predicted molar refractivity (Wildman–Crippen MR) is 64.9 cm³/mol. The summed E-state index contributed by atoms with van der Waals surface area (Å²) in [5, 5.41) is 19.6. The van der Waals surface area contributed by atoms with Crippen molar-refractivity contribution in [1.29, 1.82) is 0 Å². The number of rotatable bonds is 5.